The summed E-state index contributed by atoms with van der Waals surface area (Å²) in [5.41, 5.74) is 6.41. The predicted octanol–water partition coefficient (Wildman–Crippen LogP) is 2.89. The van der Waals surface area contributed by atoms with Gasteiger partial charge in [-0.2, -0.15) is 0 Å². The van der Waals surface area contributed by atoms with Gasteiger partial charge in [-0.1, -0.05) is 23.8 Å². The molecule has 2 aromatic rings. The number of rotatable bonds is 4. The monoisotopic (exact) mass is 413 g/mol. The molecule has 1 aliphatic heterocycles. The lowest BCUT2D eigenvalue weighted by atomic mass is 9.84. The van der Waals surface area contributed by atoms with Crippen molar-refractivity contribution in [1.82, 2.24) is 9.62 Å². The van der Waals surface area contributed by atoms with Gasteiger partial charge in [0.2, 0.25) is 10.0 Å². The zero-order valence-corrected chi connectivity index (χ0v) is 18.4. The Hall–Kier alpha value is -1.89. The summed E-state index contributed by atoms with van der Waals surface area (Å²) in [7, 11) is -1.34. The third-order valence-electron chi connectivity index (χ3n) is 6.33. The van der Waals surface area contributed by atoms with Crippen LogP contribution in [0.5, 0.6) is 0 Å². The molecule has 0 unspecified atom stereocenters. The molecule has 0 bridgehead atoms. The molecule has 0 saturated carbocycles. The zero-order valence-electron chi connectivity index (χ0n) is 17.6. The van der Waals surface area contributed by atoms with E-state index >= 15 is 0 Å². The molecule has 0 spiro atoms. The summed E-state index contributed by atoms with van der Waals surface area (Å²) in [5, 5.41) is 0. The van der Waals surface area contributed by atoms with Crippen molar-refractivity contribution in [2.75, 3.05) is 38.1 Å². The number of piperazine rings is 1. The Morgan fingerprint density at radius 2 is 1.62 bits per heavy atom. The lowest BCUT2D eigenvalue weighted by Crippen LogP contribution is -2.45. The van der Waals surface area contributed by atoms with Crippen LogP contribution >= 0.6 is 0 Å². The number of likely N-dealkylation sites (N-methyl/N-ethyl adjacent to an activating group) is 1. The van der Waals surface area contributed by atoms with E-state index in [1.54, 1.807) is 12.1 Å². The second kappa shape index (κ2) is 8.09. The summed E-state index contributed by atoms with van der Waals surface area (Å²) < 4.78 is 28.7. The number of anilines is 1. The maximum Gasteiger partial charge on any atom is 0.240 e. The van der Waals surface area contributed by atoms with E-state index in [1.807, 2.05) is 19.1 Å². The second-order valence-electron chi connectivity index (χ2n) is 8.52. The molecule has 1 heterocycles. The van der Waals surface area contributed by atoms with Gasteiger partial charge in [0, 0.05) is 37.9 Å². The standard InChI is InChI=1S/C23H31N3O2S/c1-17-4-8-20(9-5-17)29(27,28)24-19-7-10-21-18(2)6-11-23(22(21)16-19)26-14-12-25(3)13-15-26/h4-6,8-9,11,19,24H,7,10,12-16H2,1-3H3/t19-/m1/s1. The molecule has 1 aliphatic carbocycles. The number of benzene rings is 2. The number of nitrogens with zero attached hydrogens (tertiary/aromatic N) is 2. The van der Waals surface area contributed by atoms with Crippen LogP contribution in [0.4, 0.5) is 5.69 Å². The van der Waals surface area contributed by atoms with Crippen LogP contribution < -0.4 is 9.62 Å². The van der Waals surface area contributed by atoms with Gasteiger partial charge in [0.05, 0.1) is 4.90 Å². The minimum Gasteiger partial charge on any atom is -0.369 e. The molecule has 5 nitrogen and oxygen atoms in total. The molecule has 1 fully saturated rings. The van der Waals surface area contributed by atoms with Crippen molar-refractivity contribution in [3.05, 3.63) is 58.7 Å². The number of sulfonamides is 1. The normalized spacial score (nSPS) is 20.5. The topological polar surface area (TPSA) is 52.7 Å². The Morgan fingerprint density at radius 1 is 0.931 bits per heavy atom. The lowest BCUT2D eigenvalue weighted by Gasteiger charge is -2.37. The van der Waals surface area contributed by atoms with Crippen LogP contribution in [0.25, 0.3) is 0 Å². The first-order chi connectivity index (χ1) is 13.8. The molecule has 6 heteroatoms. The molecule has 156 valence electrons. The summed E-state index contributed by atoms with van der Waals surface area (Å²) in [6.07, 6.45) is 2.51. The number of hydrogen-bond donors (Lipinski definition) is 1. The van der Waals surface area contributed by atoms with E-state index < -0.39 is 10.0 Å². The fourth-order valence-corrected chi connectivity index (χ4v) is 5.76. The van der Waals surface area contributed by atoms with Crippen LogP contribution in [-0.2, 0) is 22.9 Å². The van der Waals surface area contributed by atoms with Crippen molar-refractivity contribution in [3.8, 4) is 0 Å². The van der Waals surface area contributed by atoms with Gasteiger partial charge in [0.1, 0.15) is 0 Å². The Balaban J connectivity index is 1.57. The van der Waals surface area contributed by atoms with Crippen LogP contribution in [-0.4, -0.2) is 52.6 Å². The maximum atomic E-state index is 12.9. The van der Waals surface area contributed by atoms with E-state index in [2.05, 4.69) is 40.6 Å². The van der Waals surface area contributed by atoms with Gasteiger partial charge in [-0.25, -0.2) is 13.1 Å². The van der Waals surface area contributed by atoms with Crippen LogP contribution in [0.3, 0.4) is 0 Å². The largest absolute Gasteiger partial charge is 0.369 e. The van der Waals surface area contributed by atoms with Crippen molar-refractivity contribution in [2.45, 2.75) is 44.0 Å². The quantitative estimate of drug-likeness (QED) is 0.837. The summed E-state index contributed by atoms with van der Waals surface area (Å²) in [5.74, 6) is 0. The summed E-state index contributed by atoms with van der Waals surface area (Å²) >= 11 is 0. The molecule has 2 aromatic carbocycles. The molecular weight excluding hydrogens is 382 g/mol. The lowest BCUT2D eigenvalue weighted by molar-refractivity contribution is 0.312. The van der Waals surface area contributed by atoms with Crippen LogP contribution in [0.15, 0.2) is 41.3 Å². The number of hydrogen-bond acceptors (Lipinski definition) is 4. The fourth-order valence-electron chi connectivity index (χ4n) is 4.49. The molecule has 4 rings (SSSR count). The maximum absolute atomic E-state index is 12.9. The third-order valence-corrected chi connectivity index (χ3v) is 7.87. The van der Waals surface area contributed by atoms with Crippen molar-refractivity contribution in [3.63, 3.8) is 0 Å². The first-order valence-electron chi connectivity index (χ1n) is 10.5. The smallest absolute Gasteiger partial charge is 0.240 e. The first-order valence-corrected chi connectivity index (χ1v) is 12.0. The highest BCUT2D eigenvalue weighted by Gasteiger charge is 2.28. The summed E-state index contributed by atoms with van der Waals surface area (Å²) in [6, 6.07) is 11.5. The highest BCUT2D eigenvalue weighted by Crippen LogP contribution is 2.34. The van der Waals surface area contributed by atoms with Gasteiger partial charge in [-0.3, -0.25) is 0 Å². The highest BCUT2D eigenvalue weighted by molar-refractivity contribution is 7.89. The van der Waals surface area contributed by atoms with Crippen LogP contribution in [0, 0.1) is 13.8 Å². The minimum absolute atomic E-state index is 0.0678. The van der Waals surface area contributed by atoms with E-state index in [1.165, 1.54) is 22.4 Å². The summed E-state index contributed by atoms with van der Waals surface area (Å²) in [4.78, 5) is 5.17. The van der Waals surface area contributed by atoms with Crippen LogP contribution in [0.2, 0.25) is 0 Å². The molecule has 0 radical (unpaired) electrons. The van der Waals surface area contributed by atoms with Crippen molar-refractivity contribution in [2.24, 2.45) is 0 Å². The molecular formula is C23H31N3O2S. The van der Waals surface area contributed by atoms with Gasteiger partial charge < -0.3 is 9.80 Å². The molecule has 1 saturated heterocycles. The molecule has 1 N–H and O–H groups in total. The van der Waals surface area contributed by atoms with E-state index in [9.17, 15) is 8.42 Å². The van der Waals surface area contributed by atoms with Gasteiger partial charge >= 0.3 is 0 Å². The Morgan fingerprint density at radius 3 is 2.31 bits per heavy atom. The minimum atomic E-state index is -3.50. The highest BCUT2D eigenvalue weighted by atomic mass is 32.2. The van der Waals surface area contributed by atoms with E-state index in [0.29, 0.717) is 4.90 Å². The van der Waals surface area contributed by atoms with Crippen molar-refractivity contribution >= 4 is 15.7 Å². The van der Waals surface area contributed by atoms with E-state index in [0.717, 1.165) is 51.0 Å². The zero-order chi connectivity index (χ0) is 20.6. The Bertz CT molecular complexity index is 978. The Kier molecular flexibility index (Phi) is 5.69. The average molecular weight is 414 g/mol. The van der Waals surface area contributed by atoms with E-state index in [-0.39, 0.29) is 6.04 Å². The van der Waals surface area contributed by atoms with Gasteiger partial charge in [0.25, 0.3) is 0 Å². The van der Waals surface area contributed by atoms with Crippen molar-refractivity contribution in [1.29, 1.82) is 0 Å². The number of aryl methyl sites for hydroxylation is 2. The third kappa shape index (κ3) is 4.34. The van der Waals surface area contributed by atoms with Gasteiger partial charge in [0.15, 0.2) is 0 Å². The van der Waals surface area contributed by atoms with Gasteiger partial charge in [-0.05, 0) is 75.0 Å². The number of nitrogens with one attached hydrogen (secondary N) is 1. The molecule has 2 aliphatic rings. The molecule has 29 heavy (non-hydrogen) atoms. The average Bonchev–Trinajstić information content (AvgIpc) is 2.69. The van der Waals surface area contributed by atoms with Crippen molar-refractivity contribution < 1.29 is 8.42 Å². The summed E-state index contributed by atoms with van der Waals surface area (Å²) in [6.45, 7) is 8.29. The first kappa shape index (κ1) is 20.4. The molecule has 1 atom stereocenters. The second-order valence-corrected chi connectivity index (χ2v) is 10.2. The SMILES string of the molecule is Cc1ccc(S(=O)(=O)N[C@@H]2CCc3c(C)ccc(N4CCN(C)CC4)c3C2)cc1. The Labute approximate surface area is 174 Å². The molecule has 0 aromatic heterocycles. The predicted molar refractivity (Wildman–Crippen MR) is 118 cm³/mol. The number of fused-ring (bicyclic) bond motifs is 1. The molecule has 0 amide bonds. The fraction of sp³-hybridized carbons (Fsp3) is 0.478. The van der Waals surface area contributed by atoms with E-state index in [4.69, 9.17) is 0 Å². The van der Waals surface area contributed by atoms with Gasteiger partial charge in [-0.15, -0.1) is 0 Å². The van der Waals surface area contributed by atoms with Crippen LogP contribution in [0.1, 0.15) is 28.7 Å².